The van der Waals surface area contributed by atoms with Gasteiger partial charge in [-0.2, -0.15) is 0 Å². The molecule has 1 rings (SSSR count). The maximum Gasteiger partial charge on any atom is 0.0576 e. The van der Waals surface area contributed by atoms with Crippen LogP contribution in [0.2, 0.25) is 0 Å². The lowest BCUT2D eigenvalue weighted by Gasteiger charge is -2.26. The van der Waals surface area contributed by atoms with Gasteiger partial charge in [-0.15, -0.1) is 12.4 Å². The van der Waals surface area contributed by atoms with E-state index in [0.29, 0.717) is 18.1 Å². The van der Waals surface area contributed by atoms with E-state index in [1.54, 1.807) is 0 Å². The second-order valence-electron chi connectivity index (χ2n) is 4.26. The van der Waals surface area contributed by atoms with Crippen LogP contribution in [0.3, 0.4) is 0 Å². The molecular formula is C10H22ClNO. The minimum atomic E-state index is 0. The van der Waals surface area contributed by atoms with Gasteiger partial charge in [0.2, 0.25) is 0 Å². The van der Waals surface area contributed by atoms with E-state index in [0.717, 1.165) is 32.3 Å². The Morgan fingerprint density at radius 3 is 2.23 bits per heavy atom. The van der Waals surface area contributed by atoms with Gasteiger partial charge in [0.15, 0.2) is 0 Å². The van der Waals surface area contributed by atoms with E-state index in [-0.39, 0.29) is 12.4 Å². The van der Waals surface area contributed by atoms with E-state index in [2.05, 4.69) is 13.8 Å². The smallest absolute Gasteiger partial charge is 0.0576 e. The molecule has 0 aromatic carbocycles. The lowest BCUT2D eigenvalue weighted by Crippen LogP contribution is -2.30. The molecule has 0 saturated heterocycles. The average Bonchev–Trinajstić information content (AvgIpc) is 2.03. The molecule has 2 N–H and O–H groups in total. The van der Waals surface area contributed by atoms with E-state index >= 15 is 0 Å². The zero-order valence-electron chi connectivity index (χ0n) is 8.66. The highest BCUT2D eigenvalue weighted by Gasteiger charge is 2.18. The van der Waals surface area contributed by atoms with E-state index in [4.69, 9.17) is 10.5 Å². The van der Waals surface area contributed by atoms with E-state index in [1.165, 1.54) is 0 Å². The third-order valence-corrected chi connectivity index (χ3v) is 2.38. The van der Waals surface area contributed by atoms with Crippen molar-refractivity contribution in [2.75, 3.05) is 6.61 Å². The fourth-order valence-corrected chi connectivity index (χ4v) is 1.58. The molecule has 1 fully saturated rings. The van der Waals surface area contributed by atoms with Crippen molar-refractivity contribution >= 4 is 12.4 Å². The average molecular weight is 208 g/mol. The van der Waals surface area contributed by atoms with E-state index in [1.807, 2.05) is 0 Å². The summed E-state index contributed by atoms with van der Waals surface area (Å²) >= 11 is 0. The highest BCUT2D eigenvalue weighted by Crippen LogP contribution is 2.20. The summed E-state index contributed by atoms with van der Waals surface area (Å²) in [7, 11) is 0. The molecule has 0 aromatic heterocycles. The van der Waals surface area contributed by atoms with Crippen molar-refractivity contribution in [1.29, 1.82) is 0 Å². The van der Waals surface area contributed by atoms with Gasteiger partial charge in [-0.05, 0) is 31.6 Å². The molecule has 0 atom stereocenters. The molecule has 0 heterocycles. The minimum Gasteiger partial charge on any atom is -0.378 e. The molecule has 1 aliphatic rings. The Morgan fingerprint density at radius 1 is 1.23 bits per heavy atom. The van der Waals surface area contributed by atoms with Crippen LogP contribution in [0.1, 0.15) is 39.5 Å². The topological polar surface area (TPSA) is 35.2 Å². The number of nitrogens with two attached hydrogens (primary N) is 1. The Hall–Kier alpha value is 0.210. The van der Waals surface area contributed by atoms with Crippen molar-refractivity contribution in [3.8, 4) is 0 Å². The Morgan fingerprint density at radius 2 is 1.77 bits per heavy atom. The van der Waals surface area contributed by atoms with Crippen LogP contribution in [0, 0.1) is 5.92 Å². The van der Waals surface area contributed by atoms with Gasteiger partial charge in [0.25, 0.3) is 0 Å². The summed E-state index contributed by atoms with van der Waals surface area (Å²) in [5.41, 5.74) is 5.80. The van der Waals surface area contributed by atoms with Crippen LogP contribution in [-0.4, -0.2) is 18.8 Å². The van der Waals surface area contributed by atoms with Crippen LogP contribution in [0.4, 0.5) is 0 Å². The second kappa shape index (κ2) is 6.63. The van der Waals surface area contributed by atoms with Crippen molar-refractivity contribution in [3.63, 3.8) is 0 Å². The first-order valence-electron chi connectivity index (χ1n) is 5.05. The second-order valence-corrected chi connectivity index (χ2v) is 4.26. The molecule has 13 heavy (non-hydrogen) atoms. The molecular weight excluding hydrogens is 186 g/mol. The van der Waals surface area contributed by atoms with Gasteiger partial charge in [0.1, 0.15) is 0 Å². The van der Waals surface area contributed by atoms with Crippen molar-refractivity contribution in [1.82, 2.24) is 0 Å². The SMILES string of the molecule is CC(C)COC1CCC(N)CC1.Cl. The largest absolute Gasteiger partial charge is 0.378 e. The van der Waals surface area contributed by atoms with Gasteiger partial charge in [-0.25, -0.2) is 0 Å². The third-order valence-electron chi connectivity index (χ3n) is 2.38. The molecule has 0 radical (unpaired) electrons. The highest BCUT2D eigenvalue weighted by atomic mass is 35.5. The molecule has 1 saturated carbocycles. The van der Waals surface area contributed by atoms with E-state index in [9.17, 15) is 0 Å². The summed E-state index contributed by atoms with van der Waals surface area (Å²) in [5.74, 6) is 0.653. The maximum absolute atomic E-state index is 5.80. The molecule has 0 amide bonds. The predicted molar refractivity (Wildman–Crippen MR) is 58.3 cm³/mol. The van der Waals surface area contributed by atoms with Gasteiger partial charge < -0.3 is 10.5 Å². The molecule has 2 nitrogen and oxygen atoms in total. The number of hydrogen-bond acceptors (Lipinski definition) is 2. The van der Waals surface area contributed by atoms with Crippen LogP contribution < -0.4 is 5.73 Å². The summed E-state index contributed by atoms with van der Waals surface area (Å²) in [4.78, 5) is 0. The van der Waals surface area contributed by atoms with Gasteiger partial charge in [-0.3, -0.25) is 0 Å². The summed E-state index contributed by atoms with van der Waals surface area (Å²) in [6, 6.07) is 0.434. The van der Waals surface area contributed by atoms with Crippen LogP contribution in [-0.2, 0) is 4.74 Å². The van der Waals surface area contributed by atoms with Gasteiger partial charge in [0, 0.05) is 12.6 Å². The zero-order chi connectivity index (χ0) is 8.97. The molecule has 3 heteroatoms. The monoisotopic (exact) mass is 207 g/mol. The summed E-state index contributed by atoms with van der Waals surface area (Å²) in [6.45, 7) is 5.28. The molecule has 0 spiro atoms. The quantitative estimate of drug-likeness (QED) is 0.771. The number of rotatable bonds is 3. The molecule has 0 bridgehead atoms. The first-order chi connectivity index (χ1) is 5.68. The Bertz CT molecular complexity index is 122. The number of halogens is 1. The van der Waals surface area contributed by atoms with Crippen LogP contribution in [0.15, 0.2) is 0 Å². The minimum absolute atomic E-state index is 0. The molecule has 0 aromatic rings. The lowest BCUT2D eigenvalue weighted by molar-refractivity contribution is 0.0109. The molecule has 80 valence electrons. The number of ether oxygens (including phenoxy) is 1. The van der Waals surface area contributed by atoms with Crippen molar-refractivity contribution in [3.05, 3.63) is 0 Å². The lowest BCUT2D eigenvalue weighted by atomic mass is 9.94. The third kappa shape index (κ3) is 5.50. The fourth-order valence-electron chi connectivity index (χ4n) is 1.58. The highest BCUT2D eigenvalue weighted by molar-refractivity contribution is 5.85. The molecule has 0 unspecified atom stereocenters. The molecule has 0 aliphatic heterocycles. The first kappa shape index (κ1) is 13.2. The van der Waals surface area contributed by atoms with E-state index < -0.39 is 0 Å². The van der Waals surface area contributed by atoms with Crippen molar-refractivity contribution in [2.24, 2.45) is 11.7 Å². The Labute approximate surface area is 87.6 Å². The normalized spacial score (nSPS) is 28.6. The van der Waals surface area contributed by atoms with Crippen LogP contribution >= 0.6 is 12.4 Å². The van der Waals surface area contributed by atoms with Crippen LogP contribution in [0.5, 0.6) is 0 Å². The number of hydrogen-bond donors (Lipinski definition) is 1. The van der Waals surface area contributed by atoms with Crippen molar-refractivity contribution in [2.45, 2.75) is 51.7 Å². The van der Waals surface area contributed by atoms with Gasteiger partial charge in [0.05, 0.1) is 6.10 Å². The summed E-state index contributed by atoms with van der Waals surface area (Å²) in [5, 5.41) is 0. The Balaban J connectivity index is 0.00000144. The van der Waals surface area contributed by atoms with Gasteiger partial charge in [-0.1, -0.05) is 13.8 Å². The first-order valence-corrected chi connectivity index (χ1v) is 5.05. The zero-order valence-corrected chi connectivity index (χ0v) is 9.48. The summed E-state index contributed by atoms with van der Waals surface area (Å²) < 4.78 is 5.74. The fraction of sp³-hybridized carbons (Fsp3) is 1.00. The predicted octanol–water partition coefficient (Wildman–Crippen LogP) is 2.35. The standard InChI is InChI=1S/C10H21NO.ClH/c1-8(2)7-12-10-5-3-9(11)4-6-10;/h8-10H,3-7,11H2,1-2H3;1H. The van der Waals surface area contributed by atoms with Crippen LogP contribution in [0.25, 0.3) is 0 Å². The molecule has 1 aliphatic carbocycles. The van der Waals surface area contributed by atoms with Gasteiger partial charge >= 0.3 is 0 Å². The maximum atomic E-state index is 5.80. The summed E-state index contributed by atoms with van der Waals surface area (Å²) in [6.07, 6.45) is 5.10. The van der Waals surface area contributed by atoms with Crippen molar-refractivity contribution < 1.29 is 4.74 Å². The Kier molecular flexibility index (Phi) is 6.74.